The van der Waals surface area contributed by atoms with Crippen LogP contribution in [0.15, 0.2) is 0 Å². The normalized spacial score (nSPS) is 43.7. The van der Waals surface area contributed by atoms with Crippen LogP contribution in [0, 0.1) is 0 Å². The molecular formula is C26H50N2O16. The van der Waals surface area contributed by atoms with E-state index in [2.05, 4.69) is 22.8 Å². The lowest BCUT2D eigenvalue weighted by molar-refractivity contribution is -0.418. The molecule has 3 heterocycles. The van der Waals surface area contributed by atoms with Crippen LogP contribution in [0.4, 0.5) is 0 Å². The van der Waals surface area contributed by atoms with E-state index < -0.39 is 111 Å². The summed E-state index contributed by atoms with van der Waals surface area (Å²) in [6.07, 6.45) is -19.8. The minimum Gasteiger partial charge on any atom is -0.394 e. The first-order chi connectivity index (χ1) is 20.8. The van der Waals surface area contributed by atoms with E-state index >= 15 is 0 Å². The average molecular weight is 647 g/mol. The first kappa shape index (κ1) is 37.7. The third-order valence-corrected chi connectivity index (χ3v) is 8.10. The Hall–Kier alpha value is -0.720. The molecule has 0 aromatic rings. The van der Waals surface area contributed by atoms with Crippen molar-refractivity contribution >= 4 is 0 Å². The molecule has 0 spiro atoms. The fraction of sp³-hybridized carbons (Fsp3) is 1.00. The van der Waals surface area contributed by atoms with Crippen molar-refractivity contribution in [3.63, 3.8) is 0 Å². The molecule has 0 aliphatic carbocycles. The van der Waals surface area contributed by atoms with Gasteiger partial charge in [0.15, 0.2) is 12.6 Å². The lowest BCUT2D eigenvalue weighted by Gasteiger charge is -2.48. The van der Waals surface area contributed by atoms with Gasteiger partial charge in [0, 0.05) is 5.54 Å². The number of hydrogen-bond acceptors (Lipinski definition) is 18. The summed E-state index contributed by atoms with van der Waals surface area (Å²) in [5.41, 5.74) is 5.11. The Morgan fingerprint density at radius 1 is 0.682 bits per heavy atom. The largest absolute Gasteiger partial charge is 0.394 e. The van der Waals surface area contributed by atoms with Gasteiger partial charge in [0.05, 0.1) is 19.3 Å². The summed E-state index contributed by atoms with van der Waals surface area (Å²) in [7, 11) is 0. The van der Waals surface area contributed by atoms with Crippen LogP contribution in [0.3, 0.4) is 0 Å². The lowest BCUT2D eigenvalue weighted by atomic mass is 9.96. The first-order valence-electron chi connectivity index (χ1n) is 14.9. The summed E-state index contributed by atoms with van der Waals surface area (Å²) < 4.78 is 28.1. The zero-order valence-electron chi connectivity index (χ0n) is 25.3. The maximum Gasteiger partial charge on any atom is 0.208 e. The average Bonchev–Trinajstić information content (AvgIpc) is 2.99. The van der Waals surface area contributed by atoms with Crippen LogP contribution in [0.5, 0.6) is 0 Å². The van der Waals surface area contributed by atoms with Crippen LogP contribution in [0.2, 0.25) is 0 Å². The van der Waals surface area contributed by atoms with E-state index in [0.717, 1.165) is 25.7 Å². The summed E-state index contributed by atoms with van der Waals surface area (Å²) in [6.45, 7) is 5.88. The van der Waals surface area contributed by atoms with Gasteiger partial charge in [-0.15, -0.1) is 5.59 Å². The molecule has 3 aliphatic rings. The number of rotatable bonds is 15. The van der Waals surface area contributed by atoms with E-state index in [0.29, 0.717) is 0 Å². The van der Waals surface area contributed by atoms with E-state index in [9.17, 15) is 46.1 Å². The lowest BCUT2D eigenvalue weighted by Crippen LogP contribution is -2.67. The predicted molar refractivity (Wildman–Crippen MR) is 145 cm³/mol. The minimum atomic E-state index is -1.88. The van der Waals surface area contributed by atoms with Crippen molar-refractivity contribution in [3.05, 3.63) is 0 Å². The SMILES string of the molecule is CCCCCC(C)(C)NNO[C@H]1OC(CO)[C@@H](O)C(O)C1O[C@H]1OC(CO)[C@@H](OO)C(O[C@@H]2OC(C)[C@H](O)C(O)C2O)C1O. The predicted octanol–water partition coefficient (Wildman–Crippen LogP) is -3.66. The second-order valence-corrected chi connectivity index (χ2v) is 12.1. The van der Waals surface area contributed by atoms with Gasteiger partial charge in [-0.25, -0.2) is 10.3 Å². The quantitative estimate of drug-likeness (QED) is 0.0465. The molecule has 3 saturated heterocycles. The highest BCUT2D eigenvalue weighted by molar-refractivity contribution is 4.96. The number of hydrogen-bond donors (Lipinski definition) is 11. The molecule has 0 aromatic heterocycles. The summed E-state index contributed by atoms with van der Waals surface area (Å²) in [6, 6.07) is 0. The molecule has 3 aliphatic heterocycles. The molecule has 11 N–H and O–H groups in total. The van der Waals surface area contributed by atoms with E-state index in [1.54, 1.807) is 0 Å². The van der Waals surface area contributed by atoms with Crippen molar-refractivity contribution in [1.82, 2.24) is 11.0 Å². The van der Waals surface area contributed by atoms with Crippen LogP contribution in [0.1, 0.15) is 53.4 Å². The molecule has 18 heteroatoms. The van der Waals surface area contributed by atoms with Gasteiger partial charge in [0.1, 0.15) is 67.1 Å². The molecule has 15 atom stereocenters. The molecule has 0 aromatic carbocycles. The fourth-order valence-corrected chi connectivity index (χ4v) is 5.27. The third-order valence-electron chi connectivity index (χ3n) is 8.10. The summed E-state index contributed by atoms with van der Waals surface area (Å²) in [5.74, 6) is 0. The van der Waals surface area contributed by atoms with Crippen molar-refractivity contribution in [2.45, 2.75) is 151 Å². The van der Waals surface area contributed by atoms with Gasteiger partial charge in [-0.05, 0) is 27.2 Å². The second kappa shape index (κ2) is 16.9. The molecule has 3 rings (SSSR count). The van der Waals surface area contributed by atoms with Crippen molar-refractivity contribution < 1.29 is 79.5 Å². The minimum absolute atomic E-state index is 0.428. The molecule has 0 radical (unpaired) electrons. The van der Waals surface area contributed by atoms with E-state index in [-0.39, 0.29) is 0 Å². The number of aliphatic hydroxyl groups is 8. The number of ether oxygens (including phenoxy) is 5. The van der Waals surface area contributed by atoms with E-state index in [1.807, 2.05) is 13.8 Å². The topological polar surface area (TPSA) is 271 Å². The first-order valence-corrected chi connectivity index (χ1v) is 14.9. The maximum atomic E-state index is 11.2. The van der Waals surface area contributed by atoms with Crippen LogP contribution in [-0.2, 0) is 33.4 Å². The molecule has 260 valence electrons. The highest BCUT2D eigenvalue weighted by Gasteiger charge is 2.54. The smallest absolute Gasteiger partial charge is 0.208 e. The Bertz CT molecular complexity index is 846. The molecule has 0 bridgehead atoms. The molecule has 3 fully saturated rings. The molecular weight excluding hydrogens is 596 g/mol. The van der Waals surface area contributed by atoms with Gasteiger partial charge >= 0.3 is 0 Å². The highest BCUT2D eigenvalue weighted by Crippen LogP contribution is 2.33. The number of nitrogens with one attached hydrogen (secondary N) is 2. The van der Waals surface area contributed by atoms with Gasteiger partial charge in [0.2, 0.25) is 6.29 Å². The summed E-state index contributed by atoms with van der Waals surface area (Å²) in [5, 5.41) is 92.4. The Balaban J connectivity index is 1.78. The van der Waals surface area contributed by atoms with Crippen molar-refractivity contribution in [3.8, 4) is 0 Å². The van der Waals surface area contributed by atoms with E-state index in [4.69, 9.17) is 28.5 Å². The third kappa shape index (κ3) is 9.00. The molecule has 0 amide bonds. The van der Waals surface area contributed by atoms with Crippen molar-refractivity contribution in [2.24, 2.45) is 0 Å². The fourth-order valence-electron chi connectivity index (χ4n) is 5.27. The summed E-state index contributed by atoms with van der Waals surface area (Å²) >= 11 is 0. The van der Waals surface area contributed by atoms with Crippen LogP contribution < -0.4 is 11.0 Å². The number of aliphatic hydroxyl groups excluding tert-OH is 8. The summed E-state index contributed by atoms with van der Waals surface area (Å²) in [4.78, 5) is 10.00. The second-order valence-electron chi connectivity index (χ2n) is 12.1. The van der Waals surface area contributed by atoms with Gasteiger partial charge in [0.25, 0.3) is 0 Å². The van der Waals surface area contributed by atoms with Crippen molar-refractivity contribution in [2.75, 3.05) is 13.2 Å². The zero-order valence-corrected chi connectivity index (χ0v) is 25.3. The molecule has 9 unspecified atom stereocenters. The van der Waals surface area contributed by atoms with Gasteiger partial charge in [-0.2, -0.15) is 0 Å². The van der Waals surface area contributed by atoms with Crippen molar-refractivity contribution in [1.29, 1.82) is 0 Å². The Kier molecular flexibility index (Phi) is 14.5. The Morgan fingerprint density at radius 2 is 1.30 bits per heavy atom. The standard InChI is InChI=1S/C26H50N2O16/c1-5-6-7-8-26(3,4)27-28-43-25-22(17(34)15(32)12(9-29)39-25)42-24-19(36)21(20(44-37)13(10-30)40-24)41-23-18(35)16(33)14(31)11(2)38-23/h11-25,27-37H,5-10H2,1-4H3/t11?,12?,13?,14-,15+,16?,17?,18?,19?,20+,21?,22?,23-,24+,25+/m0/s1. The number of hydrazine groups is 1. The molecule has 18 nitrogen and oxygen atoms in total. The Labute approximate surface area is 255 Å². The number of unbranched alkanes of at least 4 members (excludes halogenated alkanes) is 2. The zero-order chi connectivity index (χ0) is 32.8. The van der Waals surface area contributed by atoms with Gasteiger partial charge in [-0.1, -0.05) is 26.2 Å². The Morgan fingerprint density at radius 3 is 1.91 bits per heavy atom. The maximum absolute atomic E-state index is 11.2. The van der Waals surface area contributed by atoms with Crippen LogP contribution in [0.25, 0.3) is 0 Å². The highest BCUT2D eigenvalue weighted by atomic mass is 17.1. The molecule has 44 heavy (non-hydrogen) atoms. The monoisotopic (exact) mass is 646 g/mol. The van der Waals surface area contributed by atoms with Crippen LogP contribution in [-0.4, -0.2) is 157 Å². The molecule has 0 saturated carbocycles. The van der Waals surface area contributed by atoms with Gasteiger partial charge < -0.3 is 64.5 Å². The van der Waals surface area contributed by atoms with Gasteiger partial charge in [-0.3, -0.25) is 10.1 Å². The van der Waals surface area contributed by atoms with E-state index in [1.165, 1.54) is 6.92 Å². The van der Waals surface area contributed by atoms with Crippen LogP contribution >= 0.6 is 0 Å².